The van der Waals surface area contributed by atoms with Gasteiger partial charge in [-0.3, -0.25) is 0 Å². The number of aryl methyl sites for hydroxylation is 2. The minimum Gasteiger partial charge on any atom is -0.381 e. The normalized spacial score (nSPS) is 18.9. The largest absolute Gasteiger partial charge is 0.381 e. The van der Waals surface area contributed by atoms with Crippen LogP contribution in [-0.4, -0.2) is 13.2 Å². The molecule has 1 atom stereocenters. The van der Waals surface area contributed by atoms with E-state index in [0.717, 1.165) is 38.4 Å². The van der Waals surface area contributed by atoms with Gasteiger partial charge in [0.05, 0.1) is 0 Å². The summed E-state index contributed by atoms with van der Waals surface area (Å²) in [6.45, 7) is 6.05. The minimum atomic E-state index is 0.151. The molecule has 100 valence electrons. The first-order valence-electron chi connectivity index (χ1n) is 6.68. The molecule has 0 saturated carbocycles. The fourth-order valence-corrected chi connectivity index (χ4v) is 2.90. The standard InChI is InChI=1S/C15H22BrNO/c1-10-7-13(8-11(2)15(10)16)14(17)9-12-3-5-18-6-4-12/h7-8,12,14H,3-6,9,17H2,1-2H3. The molecule has 2 N–H and O–H groups in total. The molecule has 0 aliphatic carbocycles. The number of ether oxygens (including phenoxy) is 1. The molecule has 1 aliphatic heterocycles. The Balaban J connectivity index is 2.06. The van der Waals surface area contributed by atoms with E-state index in [2.05, 4.69) is 41.9 Å². The highest BCUT2D eigenvalue weighted by Crippen LogP contribution is 2.29. The lowest BCUT2D eigenvalue weighted by Crippen LogP contribution is -2.21. The van der Waals surface area contributed by atoms with Gasteiger partial charge in [0, 0.05) is 23.7 Å². The molecular formula is C15H22BrNO. The van der Waals surface area contributed by atoms with E-state index in [1.54, 1.807) is 0 Å². The molecule has 0 bridgehead atoms. The molecule has 0 aromatic heterocycles. The van der Waals surface area contributed by atoms with Crippen LogP contribution >= 0.6 is 15.9 Å². The molecule has 1 unspecified atom stereocenters. The molecular weight excluding hydrogens is 290 g/mol. The molecule has 1 saturated heterocycles. The number of nitrogens with two attached hydrogens (primary N) is 1. The van der Waals surface area contributed by atoms with Crippen LogP contribution in [0, 0.1) is 19.8 Å². The summed E-state index contributed by atoms with van der Waals surface area (Å²) >= 11 is 3.60. The Kier molecular flexibility index (Phi) is 4.82. The van der Waals surface area contributed by atoms with Crippen LogP contribution in [0.4, 0.5) is 0 Å². The average Bonchev–Trinajstić information content (AvgIpc) is 2.36. The Morgan fingerprint density at radius 1 is 1.28 bits per heavy atom. The lowest BCUT2D eigenvalue weighted by molar-refractivity contribution is 0.0618. The summed E-state index contributed by atoms with van der Waals surface area (Å²) in [6, 6.07) is 4.57. The quantitative estimate of drug-likeness (QED) is 0.919. The van der Waals surface area contributed by atoms with Crippen molar-refractivity contribution in [2.45, 2.75) is 39.2 Å². The van der Waals surface area contributed by atoms with Gasteiger partial charge in [0.25, 0.3) is 0 Å². The van der Waals surface area contributed by atoms with Crippen molar-refractivity contribution in [1.29, 1.82) is 0 Å². The third-order valence-electron chi connectivity index (χ3n) is 3.82. The van der Waals surface area contributed by atoms with Crippen LogP contribution in [0.5, 0.6) is 0 Å². The van der Waals surface area contributed by atoms with Crippen molar-refractivity contribution >= 4 is 15.9 Å². The van der Waals surface area contributed by atoms with E-state index >= 15 is 0 Å². The van der Waals surface area contributed by atoms with Crippen LogP contribution in [-0.2, 0) is 4.74 Å². The molecule has 0 spiro atoms. The molecule has 3 heteroatoms. The van der Waals surface area contributed by atoms with Crippen LogP contribution in [0.3, 0.4) is 0 Å². The van der Waals surface area contributed by atoms with Crippen molar-refractivity contribution in [3.05, 3.63) is 33.3 Å². The fourth-order valence-electron chi connectivity index (χ4n) is 2.67. The predicted octanol–water partition coefficient (Wildman–Crippen LogP) is 3.88. The summed E-state index contributed by atoms with van der Waals surface area (Å²) in [7, 11) is 0. The average molecular weight is 312 g/mol. The van der Waals surface area contributed by atoms with Gasteiger partial charge in [0.15, 0.2) is 0 Å². The highest BCUT2D eigenvalue weighted by molar-refractivity contribution is 9.10. The Morgan fingerprint density at radius 3 is 2.39 bits per heavy atom. The summed E-state index contributed by atoms with van der Waals surface area (Å²) in [6.07, 6.45) is 3.38. The van der Waals surface area contributed by atoms with Gasteiger partial charge in [-0.25, -0.2) is 0 Å². The summed E-state index contributed by atoms with van der Waals surface area (Å²) < 4.78 is 6.59. The second-order valence-electron chi connectivity index (χ2n) is 5.37. The third-order valence-corrected chi connectivity index (χ3v) is 5.07. The molecule has 1 aliphatic rings. The van der Waals surface area contributed by atoms with E-state index in [-0.39, 0.29) is 6.04 Å². The molecule has 2 rings (SSSR count). The number of hydrogen-bond acceptors (Lipinski definition) is 2. The molecule has 18 heavy (non-hydrogen) atoms. The third kappa shape index (κ3) is 3.34. The van der Waals surface area contributed by atoms with Gasteiger partial charge >= 0.3 is 0 Å². The lowest BCUT2D eigenvalue weighted by atomic mass is 9.89. The van der Waals surface area contributed by atoms with Crippen molar-refractivity contribution in [3.63, 3.8) is 0 Å². The molecule has 2 nitrogen and oxygen atoms in total. The van der Waals surface area contributed by atoms with Gasteiger partial charge in [-0.1, -0.05) is 28.1 Å². The zero-order valence-corrected chi connectivity index (χ0v) is 12.8. The van der Waals surface area contributed by atoms with Gasteiger partial charge in [-0.2, -0.15) is 0 Å². The van der Waals surface area contributed by atoms with Crippen molar-refractivity contribution < 1.29 is 4.74 Å². The van der Waals surface area contributed by atoms with Gasteiger partial charge in [0.1, 0.15) is 0 Å². The number of hydrogen-bond donors (Lipinski definition) is 1. The van der Waals surface area contributed by atoms with Crippen LogP contribution in [0.25, 0.3) is 0 Å². The maximum Gasteiger partial charge on any atom is 0.0468 e. The highest BCUT2D eigenvalue weighted by atomic mass is 79.9. The topological polar surface area (TPSA) is 35.2 Å². The molecule has 0 radical (unpaired) electrons. The first-order chi connectivity index (χ1) is 8.58. The SMILES string of the molecule is Cc1cc(C(N)CC2CCOCC2)cc(C)c1Br. The lowest BCUT2D eigenvalue weighted by Gasteiger charge is -2.25. The van der Waals surface area contributed by atoms with Crippen molar-refractivity contribution in [1.82, 2.24) is 0 Å². The van der Waals surface area contributed by atoms with Crippen LogP contribution in [0.15, 0.2) is 16.6 Å². The van der Waals surface area contributed by atoms with Gasteiger partial charge in [-0.15, -0.1) is 0 Å². The highest BCUT2D eigenvalue weighted by Gasteiger charge is 2.18. The Bertz CT molecular complexity index is 390. The van der Waals surface area contributed by atoms with Crippen molar-refractivity contribution in [2.75, 3.05) is 13.2 Å². The first-order valence-corrected chi connectivity index (χ1v) is 7.47. The van der Waals surface area contributed by atoms with Crippen molar-refractivity contribution in [3.8, 4) is 0 Å². The van der Waals surface area contributed by atoms with Gasteiger partial charge < -0.3 is 10.5 Å². The number of rotatable bonds is 3. The number of benzene rings is 1. The zero-order chi connectivity index (χ0) is 13.1. The zero-order valence-electron chi connectivity index (χ0n) is 11.2. The second kappa shape index (κ2) is 6.18. The maximum atomic E-state index is 6.36. The number of halogens is 1. The molecule has 1 heterocycles. The van der Waals surface area contributed by atoms with E-state index in [1.807, 2.05) is 0 Å². The fraction of sp³-hybridized carbons (Fsp3) is 0.600. The molecule has 1 fully saturated rings. The summed E-state index contributed by atoms with van der Waals surface area (Å²) in [5, 5.41) is 0. The van der Waals surface area contributed by atoms with E-state index in [0.29, 0.717) is 0 Å². The summed E-state index contributed by atoms with van der Waals surface area (Å²) in [5.74, 6) is 0.720. The van der Waals surface area contributed by atoms with Gasteiger partial charge in [-0.05, 0) is 55.7 Å². The van der Waals surface area contributed by atoms with Crippen LogP contribution < -0.4 is 5.73 Å². The van der Waals surface area contributed by atoms with E-state index in [4.69, 9.17) is 10.5 Å². The van der Waals surface area contributed by atoms with Gasteiger partial charge in [0.2, 0.25) is 0 Å². The Labute approximate surface area is 118 Å². The van der Waals surface area contributed by atoms with E-state index in [9.17, 15) is 0 Å². The maximum absolute atomic E-state index is 6.36. The first kappa shape index (κ1) is 14.0. The molecule has 0 amide bonds. The molecule has 1 aromatic rings. The smallest absolute Gasteiger partial charge is 0.0468 e. The van der Waals surface area contributed by atoms with Crippen LogP contribution in [0.2, 0.25) is 0 Å². The summed E-state index contributed by atoms with van der Waals surface area (Å²) in [4.78, 5) is 0. The minimum absolute atomic E-state index is 0.151. The predicted molar refractivity (Wildman–Crippen MR) is 78.7 cm³/mol. The summed E-state index contributed by atoms with van der Waals surface area (Å²) in [5.41, 5.74) is 10.2. The monoisotopic (exact) mass is 311 g/mol. The molecule has 1 aromatic carbocycles. The van der Waals surface area contributed by atoms with Crippen LogP contribution in [0.1, 0.15) is 42.0 Å². The van der Waals surface area contributed by atoms with Crippen molar-refractivity contribution in [2.24, 2.45) is 11.7 Å². The Morgan fingerprint density at radius 2 is 1.83 bits per heavy atom. The Hall–Kier alpha value is -0.380. The van der Waals surface area contributed by atoms with E-state index in [1.165, 1.54) is 21.2 Å². The van der Waals surface area contributed by atoms with E-state index < -0.39 is 0 Å². The second-order valence-corrected chi connectivity index (χ2v) is 6.16.